The number of nitrogens with zero attached hydrogens (tertiary/aromatic N) is 1. The van der Waals surface area contributed by atoms with Crippen molar-refractivity contribution in [3.05, 3.63) is 24.0 Å². The monoisotopic (exact) mass is 279 g/mol. The lowest BCUT2D eigenvalue weighted by Crippen LogP contribution is -2.47. The molecule has 0 radical (unpaired) electrons. The maximum atomic E-state index is 13.0. The number of rotatable bonds is 3. The van der Waals surface area contributed by atoms with Gasteiger partial charge in [0.05, 0.1) is 17.9 Å². The van der Waals surface area contributed by atoms with E-state index in [1.807, 2.05) is 0 Å². The average molecular weight is 279 g/mol. The van der Waals surface area contributed by atoms with E-state index in [1.165, 1.54) is 24.6 Å². The Balaban J connectivity index is 1.98. The lowest BCUT2D eigenvalue weighted by molar-refractivity contribution is -0.118. The first kappa shape index (κ1) is 14.8. The van der Waals surface area contributed by atoms with Crippen LogP contribution in [0.3, 0.4) is 0 Å². The molecule has 4 nitrogen and oxygen atoms in total. The highest BCUT2D eigenvalue weighted by molar-refractivity contribution is 5.95. The van der Waals surface area contributed by atoms with E-state index in [0.717, 1.165) is 12.8 Å². The summed E-state index contributed by atoms with van der Waals surface area (Å²) in [6.07, 6.45) is 3.46. The summed E-state index contributed by atoms with van der Waals surface area (Å²) in [6, 6.07) is 4.82. The largest absolute Gasteiger partial charge is 0.397 e. The summed E-state index contributed by atoms with van der Waals surface area (Å²) < 4.78 is 13.0. The van der Waals surface area contributed by atoms with E-state index in [9.17, 15) is 9.18 Å². The highest BCUT2D eigenvalue weighted by Gasteiger charge is 2.26. The molecule has 3 N–H and O–H groups in total. The second-order valence-electron chi connectivity index (χ2n) is 5.58. The Bertz CT molecular complexity index is 482. The van der Waals surface area contributed by atoms with Gasteiger partial charge in [-0.05, 0) is 44.9 Å². The van der Waals surface area contributed by atoms with E-state index in [4.69, 9.17) is 5.73 Å². The van der Waals surface area contributed by atoms with Gasteiger partial charge in [0.1, 0.15) is 5.82 Å². The highest BCUT2D eigenvalue weighted by atomic mass is 19.1. The molecule has 1 aromatic carbocycles. The van der Waals surface area contributed by atoms with Crippen LogP contribution in [0.5, 0.6) is 0 Å². The van der Waals surface area contributed by atoms with Gasteiger partial charge < -0.3 is 11.1 Å². The lowest BCUT2D eigenvalue weighted by atomic mass is 9.97. The number of hydrogen-bond acceptors (Lipinski definition) is 3. The molecule has 1 fully saturated rings. The summed E-state index contributed by atoms with van der Waals surface area (Å²) in [5.41, 5.74) is 6.40. The van der Waals surface area contributed by atoms with Crippen LogP contribution in [0.25, 0.3) is 0 Å². The Morgan fingerprint density at radius 2 is 2.05 bits per heavy atom. The minimum absolute atomic E-state index is 0.107. The van der Waals surface area contributed by atoms with Crippen LogP contribution in [-0.4, -0.2) is 29.4 Å². The van der Waals surface area contributed by atoms with Crippen molar-refractivity contribution >= 4 is 17.3 Å². The van der Waals surface area contributed by atoms with Crippen LogP contribution >= 0.6 is 0 Å². The fraction of sp³-hybridized carbons (Fsp3) is 0.533. The fourth-order valence-corrected chi connectivity index (χ4v) is 2.79. The SMILES string of the molecule is CC1CCCC(C)N1CC(=O)Nc1ccc(F)cc1N. The molecule has 1 aliphatic heterocycles. The number of carbonyl (C=O) groups is 1. The van der Waals surface area contributed by atoms with Gasteiger partial charge in [0.2, 0.25) is 5.91 Å². The van der Waals surface area contributed by atoms with Crippen molar-refractivity contribution in [2.24, 2.45) is 0 Å². The molecule has 0 bridgehead atoms. The van der Waals surface area contributed by atoms with Crippen LogP contribution in [-0.2, 0) is 4.79 Å². The highest BCUT2D eigenvalue weighted by Crippen LogP contribution is 2.23. The smallest absolute Gasteiger partial charge is 0.238 e. The Labute approximate surface area is 119 Å². The number of hydrogen-bond donors (Lipinski definition) is 2. The molecule has 2 unspecified atom stereocenters. The Morgan fingerprint density at radius 1 is 1.40 bits per heavy atom. The number of anilines is 2. The van der Waals surface area contributed by atoms with E-state index >= 15 is 0 Å². The van der Waals surface area contributed by atoms with Gasteiger partial charge >= 0.3 is 0 Å². The molecule has 110 valence electrons. The van der Waals surface area contributed by atoms with Gasteiger partial charge in [-0.25, -0.2) is 4.39 Å². The first-order valence-electron chi connectivity index (χ1n) is 7.08. The average Bonchev–Trinajstić information content (AvgIpc) is 2.37. The van der Waals surface area contributed by atoms with Gasteiger partial charge in [0, 0.05) is 12.1 Å². The van der Waals surface area contributed by atoms with Crippen molar-refractivity contribution in [3.8, 4) is 0 Å². The van der Waals surface area contributed by atoms with E-state index < -0.39 is 5.82 Å². The van der Waals surface area contributed by atoms with E-state index in [2.05, 4.69) is 24.1 Å². The molecule has 0 aliphatic carbocycles. The molecular weight excluding hydrogens is 257 g/mol. The minimum atomic E-state index is -0.404. The third-order valence-electron chi connectivity index (χ3n) is 3.99. The van der Waals surface area contributed by atoms with Crippen LogP contribution in [0, 0.1) is 5.82 Å². The number of likely N-dealkylation sites (tertiary alicyclic amines) is 1. The maximum Gasteiger partial charge on any atom is 0.238 e. The molecule has 1 aromatic rings. The van der Waals surface area contributed by atoms with Crippen LogP contribution in [0.4, 0.5) is 15.8 Å². The molecule has 20 heavy (non-hydrogen) atoms. The summed E-state index contributed by atoms with van der Waals surface area (Å²) in [5, 5.41) is 2.75. The van der Waals surface area contributed by atoms with E-state index in [0.29, 0.717) is 24.3 Å². The number of halogens is 1. The van der Waals surface area contributed by atoms with Crippen molar-refractivity contribution < 1.29 is 9.18 Å². The van der Waals surface area contributed by atoms with Crippen LogP contribution < -0.4 is 11.1 Å². The lowest BCUT2D eigenvalue weighted by Gasteiger charge is -2.38. The fourth-order valence-electron chi connectivity index (χ4n) is 2.79. The van der Waals surface area contributed by atoms with Crippen LogP contribution in [0.2, 0.25) is 0 Å². The summed E-state index contributed by atoms with van der Waals surface area (Å²) in [5.74, 6) is -0.511. The third-order valence-corrected chi connectivity index (χ3v) is 3.99. The van der Waals surface area contributed by atoms with Crippen LogP contribution in [0.1, 0.15) is 33.1 Å². The van der Waals surface area contributed by atoms with E-state index in [-0.39, 0.29) is 11.6 Å². The van der Waals surface area contributed by atoms with Gasteiger partial charge in [-0.2, -0.15) is 0 Å². The van der Waals surface area contributed by atoms with Gasteiger partial charge in [-0.3, -0.25) is 9.69 Å². The number of nitrogens with one attached hydrogen (secondary N) is 1. The number of nitrogen functional groups attached to an aromatic ring is 1. The maximum absolute atomic E-state index is 13.0. The quantitative estimate of drug-likeness (QED) is 0.836. The van der Waals surface area contributed by atoms with Crippen molar-refractivity contribution in [2.45, 2.75) is 45.2 Å². The minimum Gasteiger partial charge on any atom is -0.397 e. The molecule has 0 saturated carbocycles. The molecule has 1 aliphatic rings. The molecule has 0 aromatic heterocycles. The molecule has 2 rings (SSSR count). The molecule has 0 spiro atoms. The Morgan fingerprint density at radius 3 is 2.65 bits per heavy atom. The van der Waals surface area contributed by atoms with Crippen molar-refractivity contribution in [1.82, 2.24) is 4.90 Å². The van der Waals surface area contributed by atoms with Crippen LogP contribution in [0.15, 0.2) is 18.2 Å². The summed E-state index contributed by atoms with van der Waals surface area (Å²) in [4.78, 5) is 14.3. The van der Waals surface area contributed by atoms with Crippen molar-refractivity contribution in [2.75, 3.05) is 17.6 Å². The van der Waals surface area contributed by atoms with Gasteiger partial charge in [0.15, 0.2) is 0 Å². The van der Waals surface area contributed by atoms with Gasteiger partial charge in [0.25, 0.3) is 0 Å². The van der Waals surface area contributed by atoms with Gasteiger partial charge in [-0.1, -0.05) is 6.42 Å². The Hall–Kier alpha value is -1.62. The molecule has 1 amide bonds. The molecular formula is C15H22FN3O. The van der Waals surface area contributed by atoms with Crippen molar-refractivity contribution in [3.63, 3.8) is 0 Å². The summed E-state index contributed by atoms with van der Waals surface area (Å²) in [6.45, 7) is 4.64. The second kappa shape index (κ2) is 6.22. The molecule has 1 saturated heterocycles. The second-order valence-corrected chi connectivity index (χ2v) is 5.58. The topological polar surface area (TPSA) is 58.4 Å². The standard InChI is InChI=1S/C15H22FN3O/c1-10-4-3-5-11(2)19(10)9-15(20)18-14-7-6-12(16)8-13(14)17/h6-8,10-11H,3-5,9,17H2,1-2H3,(H,18,20). The molecule has 2 atom stereocenters. The summed E-state index contributed by atoms with van der Waals surface area (Å²) in [7, 11) is 0. The number of nitrogens with two attached hydrogens (primary N) is 1. The zero-order valence-corrected chi connectivity index (χ0v) is 12.0. The molecule has 1 heterocycles. The number of piperidine rings is 1. The predicted molar refractivity (Wildman–Crippen MR) is 78.9 cm³/mol. The summed E-state index contributed by atoms with van der Waals surface area (Å²) >= 11 is 0. The number of carbonyl (C=O) groups excluding carboxylic acids is 1. The van der Waals surface area contributed by atoms with E-state index in [1.54, 1.807) is 0 Å². The predicted octanol–water partition coefficient (Wildman–Crippen LogP) is 2.61. The zero-order valence-electron chi connectivity index (χ0n) is 12.0. The molecule has 5 heteroatoms. The first-order chi connectivity index (χ1) is 9.47. The van der Waals surface area contributed by atoms with Gasteiger partial charge in [-0.15, -0.1) is 0 Å². The first-order valence-corrected chi connectivity index (χ1v) is 7.08. The zero-order chi connectivity index (χ0) is 14.7. The normalized spacial score (nSPS) is 23.6. The van der Waals surface area contributed by atoms with Crippen molar-refractivity contribution in [1.29, 1.82) is 0 Å². The Kier molecular flexibility index (Phi) is 4.60. The number of amides is 1. The number of benzene rings is 1. The third kappa shape index (κ3) is 3.48.